The summed E-state index contributed by atoms with van der Waals surface area (Å²) in [4.78, 5) is 191. The smallest absolute Gasteiger partial charge is 0.407 e. The fraction of sp³-hybridized carbons (Fsp3) is 0.671. The van der Waals surface area contributed by atoms with Crippen LogP contribution in [0.3, 0.4) is 0 Å². The molecule has 17 N–H and O–H groups in total. The van der Waals surface area contributed by atoms with Crippen LogP contribution in [0.15, 0.2) is 51.2 Å². The number of halogens is 6. The molecule has 11 amide bonds. The lowest BCUT2D eigenvalue weighted by molar-refractivity contribution is -0.141. The average Bonchev–Trinajstić information content (AvgIpc) is 1.62. The Bertz CT molecular complexity index is 3850. The molecule has 3 fully saturated rings. The summed E-state index contributed by atoms with van der Waals surface area (Å²) in [6.45, 7) is 3.27. The predicted molar refractivity (Wildman–Crippen MR) is 397 cm³/mol. The van der Waals surface area contributed by atoms with Gasteiger partial charge in [0.15, 0.2) is 18.3 Å². The molecule has 670 valence electrons. The molecule has 0 aliphatic carbocycles. The van der Waals surface area contributed by atoms with Gasteiger partial charge in [-0.2, -0.15) is 41.3 Å². The number of ether oxygens (including phenoxy) is 7. The van der Waals surface area contributed by atoms with Crippen LogP contribution in [0.5, 0.6) is 0 Å². The Morgan fingerprint density at radius 2 is 0.717 bits per heavy atom. The number of hydrogen-bond acceptors (Lipinski definition) is 30. The number of alkyl halides is 6. The molecule has 3 aromatic heterocycles. The minimum atomic E-state index is -4.00. The van der Waals surface area contributed by atoms with E-state index in [9.17, 15) is 124 Å². The first kappa shape index (κ1) is 98.5. The molecule has 6 rings (SSSR count). The summed E-state index contributed by atoms with van der Waals surface area (Å²) in [6.07, 6.45) is -19.3. The van der Waals surface area contributed by atoms with Crippen LogP contribution in [-0.2, 0) is 81.1 Å². The third-order valence-electron chi connectivity index (χ3n) is 17.9. The number of carbonyl (C=O) groups excluding carboxylic acids is 11. The standard InChI is InChI=1S/C70H101F6N17O27/c1-37(56(107)84-43-15-25-91(62(110)87-43)59-68(71,72)53(104)40(31-94)117-59)81-49(100)11-7-21-77-46(97)18-28-114-34-67(90-52(103)14-10-24-80-65(113)120-66(4,5)6,35-115-29-19-47(98)78-22-8-12-50(101)82-38(2)57(108)85-44-16-26-92(63(111)88-44)60-69(73,74)54(105)41(32-95)118-60)36-116-30-20-48(99)79-23-9-13-51(102)83-39(3)58(109)86-45-17-27-93(64(112)89-45)61-70(75,76)55(106)42(33-96)119-61/h15-17,25-27,37-42,53-55,59-61,94-96,104-106H,7-14,18-24,28-36H2,1-6H3,(H,77,97)(H,78,98)(H,79,99)(H,80,113)(H,81,100)(H,82,101)(H,83,102)(H,90,103)(H,84,87,107,110)(H,85,88,108,111)(H,86,89,109,112)/t37-,38-,39-,40+,41+,42+,53+,54+,55+,59+,60+,61+/m0/s1. The topological polar surface area (TPSA) is 611 Å². The van der Waals surface area contributed by atoms with E-state index in [-0.39, 0.29) is 134 Å². The van der Waals surface area contributed by atoms with E-state index in [0.717, 1.165) is 36.8 Å². The second-order valence-electron chi connectivity index (χ2n) is 29.0. The van der Waals surface area contributed by atoms with Crippen LogP contribution in [-0.4, -0.2) is 294 Å². The van der Waals surface area contributed by atoms with Gasteiger partial charge in [0.2, 0.25) is 77.8 Å². The first-order valence-corrected chi connectivity index (χ1v) is 37.8. The van der Waals surface area contributed by atoms with Gasteiger partial charge in [-0.1, -0.05) is 0 Å². The second-order valence-corrected chi connectivity index (χ2v) is 29.0. The Kier molecular flexibility index (Phi) is 37.3. The molecular weight excluding hydrogens is 1620 g/mol. The molecule has 0 saturated carbocycles. The van der Waals surface area contributed by atoms with Crippen LogP contribution < -0.4 is 75.6 Å². The van der Waals surface area contributed by atoms with Crippen molar-refractivity contribution in [3.63, 3.8) is 0 Å². The molecule has 120 heavy (non-hydrogen) atoms. The van der Waals surface area contributed by atoms with Crippen LogP contribution in [0.4, 0.5) is 48.6 Å². The minimum Gasteiger partial charge on any atom is -0.444 e. The van der Waals surface area contributed by atoms with Gasteiger partial charge in [0.1, 0.15) is 65.0 Å². The van der Waals surface area contributed by atoms with E-state index in [4.69, 9.17) is 33.2 Å². The highest BCUT2D eigenvalue weighted by molar-refractivity contribution is 5.98. The number of hydrogen-bond donors (Lipinski definition) is 17. The number of anilines is 3. The van der Waals surface area contributed by atoms with E-state index >= 15 is 0 Å². The van der Waals surface area contributed by atoms with Crippen molar-refractivity contribution in [2.45, 2.75) is 215 Å². The molecule has 0 unspecified atom stereocenters. The second kappa shape index (κ2) is 45.4. The monoisotopic (exact) mass is 1730 g/mol. The summed E-state index contributed by atoms with van der Waals surface area (Å²) < 4.78 is 127. The lowest BCUT2D eigenvalue weighted by Crippen LogP contribution is -2.58. The van der Waals surface area contributed by atoms with Gasteiger partial charge in [0.05, 0.1) is 59.5 Å². The van der Waals surface area contributed by atoms with E-state index < -0.39 is 224 Å². The largest absolute Gasteiger partial charge is 0.444 e. The van der Waals surface area contributed by atoms with Gasteiger partial charge in [0, 0.05) is 89.7 Å². The van der Waals surface area contributed by atoms with Crippen molar-refractivity contribution in [2.75, 3.05) is 102 Å². The summed E-state index contributed by atoms with van der Waals surface area (Å²) in [7, 11) is 0. The van der Waals surface area contributed by atoms with Crippen molar-refractivity contribution < 1.29 is 143 Å². The van der Waals surface area contributed by atoms with Crippen molar-refractivity contribution in [1.29, 1.82) is 0 Å². The number of rotatable bonds is 47. The molecule has 0 bridgehead atoms. The fourth-order valence-corrected chi connectivity index (χ4v) is 11.5. The molecule has 0 spiro atoms. The number of aromatic nitrogens is 6. The van der Waals surface area contributed by atoms with Gasteiger partial charge in [-0.15, -0.1) is 0 Å². The van der Waals surface area contributed by atoms with Crippen molar-refractivity contribution in [3.8, 4) is 0 Å². The highest BCUT2D eigenvalue weighted by atomic mass is 19.3. The molecule has 3 aliphatic rings. The lowest BCUT2D eigenvalue weighted by Gasteiger charge is -2.34. The van der Waals surface area contributed by atoms with Crippen molar-refractivity contribution in [1.82, 2.24) is 71.2 Å². The lowest BCUT2D eigenvalue weighted by atomic mass is 10.0. The van der Waals surface area contributed by atoms with E-state index in [1.807, 2.05) is 0 Å². The van der Waals surface area contributed by atoms with Gasteiger partial charge in [0.25, 0.3) is 0 Å². The fourth-order valence-electron chi connectivity index (χ4n) is 11.5. The molecule has 0 radical (unpaired) electrons. The van der Waals surface area contributed by atoms with Gasteiger partial charge < -0.3 is 122 Å². The Morgan fingerprint density at radius 3 is 0.975 bits per heavy atom. The molecule has 3 aromatic rings. The summed E-state index contributed by atoms with van der Waals surface area (Å²) in [6, 6.07) is -0.765. The molecule has 12 atom stereocenters. The number of aliphatic hydroxyl groups is 6. The summed E-state index contributed by atoms with van der Waals surface area (Å²) in [5.41, 5.74) is -6.44. The number of carbonyl (C=O) groups is 11. The van der Waals surface area contributed by atoms with Gasteiger partial charge in [-0.25, -0.2) is 19.2 Å². The SMILES string of the molecule is C[C@H](NC(=O)CCCNC(=O)CCOCC(COCCC(=O)NCCCC(=O)N[C@@H](C)C(=O)Nc1ccn([C@@H]2O[C@H](CO)[C@@H](O)C2(F)F)c(=O)n1)(COCCC(=O)NCCCC(=O)N[C@@H](C)C(=O)Nc1ccn([C@@H]2O[C@H](CO)[C@@H](O)C2(F)F)c(=O)n1)NC(=O)CCCNC(=O)OC(C)(C)C)C(=O)Nc1ccn([C@@H]2O[C@H](CO)[C@@H](O)C2(F)F)c(=O)n1. The molecule has 0 aromatic carbocycles. The molecule has 6 heterocycles. The summed E-state index contributed by atoms with van der Waals surface area (Å²) >= 11 is 0. The highest BCUT2D eigenvalue weighted by Crippen LogP contribution is 2.44. The van der Waals surface area contributed by atoms with E-state index in [2.05, 4.69) is 73.4 Å². The van der Waals surface area contributed by atoms with Gasteiger partial charge in [-0.3, -0.25) is 61.6 Å². The Hall–Kier alpha value is -10.3. The van der Waals surface area contributed by atoms with Crippen molar-refractivity contribution >= 4 is 82.6 Å². The number of nitrogens with zero attached hydrogens (tertiary/aromatic N) is 6. The molecule has 3 saturated heterocycles. The summed E-state index contributed by atoms with van der Waals surface area (Å²) in [5.74, 6) is -20.1. The number of amides is 11. The van der Waals surface area contributed by atoms with Crippen LogP contribution in [0.25, 0.3) is 0 Å². The van der Waals surface area contributed by atoms with E-state index in [1.54, 1.807) is 20.8 Å². The van der Waals surface area contributed by atoms with E-state index in [0.29, 0.717) is 13.7 Å². The molecular formula is C70H101F6N17O27. The van der Waals surface area contributed by atoms with Crippen molar-refractivity contribution in [2.24, 2.45) is 0 Å². The third-order valence-corrected chi connectivity index (χ3v) is 17.9. The summed E-state index contributed by atoms with van der Waals surface area (Å²) in [5, 5.41) is 84.6. The Balaban J connectivity index is 1.01. The zero-order valence-electron chi connectivity index (χ0n) is 66.1. The first-order chi connectivity index (χ1) is 56.4. The van der Waals surface area contributed by atoms with Crippen LogP contribution >= 0.6 is 0 Å². The quantitative estimate of drug-likeness (QED) is 0.0188. The number of alkyl carbamates (subject to hydrolysis) is 1. The number of nitrogens with one attached hydrogen (secondary N) is 11. The maximum atomic E-state index is 14.7. The molecule has 3 aliphatic heterocycles. The number of aliphatic hydroxyl groups excluding tert-OH is 6. The van der Waals surface area contributed by atoms with Crippen LogP contribution in [0.1, 0.15) is 131 Å². The highest BCUT2D eigenvalue weighted by Gasteiger charge is 2.62. The normalized spacial score (nSPS) is 21.0. The third kappa shape index (κ3) is 29.3. The molecule has 50 heteroatoms. The minimum absolute atomic E-state index is 0.0288. The van der Waals surface area contributed by atoms with E-state index in [1.165, 1.54) is 20.8 Å². The zero-order chi connectivity index (χ0) is 89.0. The zero-order valence-corrected chi connectivity index (χ0v) is 66.1. The Labute approximate surface area is 679 Å². The van der Waals surface area contributed by atoms with Crippen LogP contribution in [0.2, 0.25) is 0 Å². The average molecular weight is 1730 g/mol. The predicted octanol–water partition coefficient (Wildman–Crippen LogP) is -4.19. The molecule has 44 nitrogen and oxygen atoms in total. The maximum absolute atomic E-state index is 14.7. The first-order valence-electron chi connectivity index (χ1n) is 37.8. The maximum Gasteiger partial charge on any atom is 0.407 e. The Morgan fingerprint density at radius 1 is 0.442 bits per heavy atom. The van der Waals surface area contributed by atoms with Crippen LogP contribution in [0, 0.1) is 0 Å². The van der Waals surface area contributed by atoms with Gasteiger partial charge in [-0.05, 0) is 85.4 Å². The van der Waals surface area contributed by atoms with Crippen molar-refractivity contribution in [3.05, 3.63) is 68.2 Å². The van der Waals surface area contributed by atoms with Gasteiger partial charge >= 0.3 is 40.9 Å².